The summed E-state index contributed by atoms with van der Waals surface area (Å²) in [5.41, 5.74) is 1.11. The first-order valence-electron chi connectivity index (χ1n) is 3.77. The highest BCUT2D eigenvalue weighted by atomic mass is 79.9. The molecular formula is C10H11BrO. The smallest absolute Gasteiger partial charge is 0.0758 e. The molecule has 0 saturated carbocycles. The molecule has 1 unspecified atom stereocenters. The van der Waals surface area contributed by atoms with E-state index in [0.717, 1.165) is 10.0 Å². The first-order valence-corrected chi connectivity index (χ1v) is 4.56. The molecule has 1 aromatic carbocycles. The van der Waals surface area contributed by atoms with Gasteiger partial charge in [0.15, 0.2) is 0 Å². The van der Waals surface area contributed by atoms with Gasteiger partial charge in [0.2, 0.25) is 0 Å². The number of aliphatic hydroxyl groups excluding tert-OH is 1. The standard InChI is InChI=1S/C10H11BrO/c1-2-10(12)7-8-4-3-5-9(11)6-8/h2-6,10,12H,1,7H2. The molecule has 1 nitrogen and oxygen atoms in total. The topological polar surface area (TPSA) is 20.2 Å². The summed E-state index contributed by atoms with van der Waals surface area (Å²) in [5, 5.41) is 9.27. The molecule has 1 rings (SSSR count). The zero-order chi connectivity index (χ0) is 8.97. The van der Waals surface area contributed by atoms with Crippen molar-refractivity contribution in [2.75, 3.05) is 0 Å². The number of rotatable bonds is 3. The average Bonchev–Trinajstić information content (AvgIpc) is 2.04. The van der Waals surface area contributed by atoms with Crippen LogP contribution in [0.3, 0.4) is 0 Å². The molecule has 12 heavy (non-hydrogen) atoms. The molecule has 0 saturated heterocycles. The summed E-state index contributed by atoms with van der Waals surface area (Å²) in [6, 6.07) is 7.89. The van der Waals surface area contributed by atoms with E-state index in [0.29, 0.717) is 6.42 Å². The van der Waals surface area contributed by atoms with Gasteiger partial charge in [-0.2, -0.15) is 0 Å². The summed E-state index contributed by atoms with van der Waals surface area (Å²) in [7, 11) is 0. The Morgan fingerprint density at radius 1 is 1.58 bits per heavy atom. The predicted molar refractivity (Wildman–Crippen MR) is 54.0 cm³/mol. The molecule has 0 aromatic heterocycles. The highest BCUT2D eigenvalue weighted by Gasteiger charge is 1.99. The monoisotopic (exact) mass is 226 g/mol. The largest absolute Gasteiger partial charge is 0.389 e. The van der Waals surface area contributed by atoms with E-state index in [9.17, 15) is 5.11 Å². The van der Waals surface area contributed by atoms with Crippen molar-refractivity contribution in [3.05, 3.63) is 47.0 Å². The first-order chi connectivity index (χ1) is 5.72. The average molecular weight is 227 g/mol. The van der Waals surface area contributed by atoms with E-state index in [1.807, 2.05) is 24.3 Å². The normalized spacial score (nSPS) is 12.5. The highest BCUT2D eigenvalue weighted by molar-refractivity contribution is 9.10. The van der Waals surface area contributed by atoms with E-state index in [1.54, 1.807) is 6.08 Å². The van der Waals surface area contributed by atoms with E-state index in [-0.39, 0.29) is 0 Å². The van der Waals surface area contributed by atoms with Crippen LogP contribution in [0.5, 0.6) is 0 Å². The lowest BCUT2D eigenvalue weighted by atomic mass is 10.1. The Hall–Kier alpha value is -0.600. The van der Waals surface area contributed by atoms with Crippen LogP contribution in [-0.2, 0) is 6.42 Å². The second kappa shape index (κ2) is 4.43. The van der Waals surface area contributed by atoms with Gasteiger partial charge in [-0.25, -0.2) is 0 Å². The minimum absolute atomic E-state index is 0.445. The van der Waals surface area contributed by atoms with Gasteiger partial charge in [-0.05, 0) is 17.7 Å². The highest BCUT2D eigenvalue weighted by Crippen LogP contribution is 2.13. The molecule has 0 amide bonds. The summed E-state index contributed by atoms with van der Waals surface area (Å²) in [6.45, 7) is 3.52. The van der Waals surface area contributed by atoms with E-state index in [4.69, 9.17) is 0 Å². The fourth-order valence-electron chi connectivity index (χ4n) is 0.989. The van der Waals surface area contributed by atoms with Crippen molar-refractivity contribution < 1.29 is 5.11 Å². The van der Waals surface area contributed by atoms with Crippen molar-refractivity contribution in [3.63, 3.8) is 0 Å². The summed E-state index contributed by atoms with van der Waals surface area (Å²) < 4.78 is 1.04. The third-order valence-electron chi connectivity index (χ3n) is 1.61. The second-order valence-corrected chi connectivity index (χ2v) is 3.55. The molecule has 0 spiro atoms. The molecule has 2 heteroatoms. The first kappa shape index (κ1) is 9.49. The molecule has 64 valence electrons. The Balaban J connectivity index is 2.69. The van der Waals surface area contributed by atoms with E-state index >= 15 is 0 Å². The molecule has 0 heterocycles. The van der Waals surface area contributed by atoms with Crippen molar-refractivity contribution in [1.29, 1.82) is 0 Å². The molecule has 0 fully saturated rings. The van der Waals surface area contributed by atoms with Gasteiger partial charge in [0.05, 0.1) is 6.10 Å². The SMILES string of the molecule is C=CC(O)Cc1cccc(Br)c1. The van der Waals surface area contributed by atoms with Crippen LogP contribution in [0.1, 0.15) is 5.56 Å². The lowest BCUT2D eigenvalue weighted by Crippen LogP contribution is -2.05. The van der Waals surface area contributed by atoms with Crippen LogP contribution in [0, 0.1) is 0 Å². The second-order valence-electron chi connectivity index (χ2n) is 2.64. The van der Waals surface area contributed by atoms with Crippen LogP contribution in [0.15, 0.2) is 41.4 Å². The predicted octanol–water partition coefficient (Wildman–Crippen LogP) is 2.54. The summed E-state index contributed by atoms with van der Waals surface area (Å²) >= 11 is 3.37. The van der Waals surface area contributed by atoms with E-state index in [2.05, 4.69) is 22.5 Å². The van der Waals surface area contributed by atoms with Crippen molar-refractivity contribution >= 4 is 15.9 Å². The van der Waals surface area contributed by atoms with Gasteiger partial charge in [0.1, 0.15) is 0 Å². The van der Waals surface area contributed by atoms with E-state index < -0.39 is 6.10 Å². The maximum atomic E-state index is 9.27. The van der Waals surface area contributed by atoms with Crippen molar-refractivity contribution in [1.82, 2.24) is 0 Å². The molecular weight excluding hydrogens is 216 g/mol. The van der Waals surface area contributed by atoms with Crippen molar-refractivity contribution in [3.8, 4) is 0 Å². The summed E-state index contributed by atoms with van der Waals surface area (Å²) in [4.78, 5) is 0. The maximum absolute atomic E-state index is 9.27. The summed E-state index contributed by atoms with van der Waals surface area (Å²) in [6.07, 6.45) is 1.73. The van der Waals surface area contributed by atoms with Crippen molar-refractivity contribution in [2.24, 2.45) is 0 Å². The quantitative estimate of drug-likeness (QED) is 0.786. The fourth-order valence-corrected chi connectivity index (χ4v) is 1.44. The van der Waals surface area contributed by atoms with Crippen LogP contribution in [0.25, 0.3) is 0 Å². The molecule has 0 aliphatic heterocycles. The minimum Gasteiger partial charge on any atom is -0.389 e. The van der Waals surface area contributed by atoms with E-state index in [1.165, 1.54) is 0 Å². The zero-order valence-electron chi connectivity index (χ0n) is 6.70. The van der Waals surface area contributed by atoms with Gasteiger partial charge in [-0.3, -0.25) is 0 Å². The molecule has 0 bridgehead atoms. The Morgan fingerprint density at radius 3 is 2.92 bits per heavy atom. The third-order valence-corrected chi connectivity index (χ3v) is 2.10. The van der Waals surface area contributed by atoms with Crippen LogP contribution in [0.2, 0.25) is 0 Å². The number of halogens is 1. The molecule has 1 N–H and O–H groups in total. The van der Waals surface area contributed by atoms with Gasteiger partial charge in [-0.15, -0.1) is 6.58 Å². The number of hydrogen-bond acceptors (Lipinski definition) is 1. The van der Waals surface area contributed by atoms with Crippen molar-refractivity contribution in [2.45, 2.75) is 12.5 Å². The van der Waals surface area contributed by atoms with Gasteiger partial charge >= 0.3 is 0 Å². The minimum atomic E-state index is -0.445. The number of aliphatic hydroxyl groups is 1. The molecule has 0 radical (unpaired) electrons. The molecule has 0 aliphatic carbocycles. The zero-order valence-corrected chi connectivity index (χ0v) is 8.29. The number of benzene rings is 1. The maximum Gasteiger partial charge on any atom is 0.0758 e. The van der Waals surface area contributed by atoms with Gasteiger partial charge < -0.3 is 5.11 Å². The van der Waals surface area contributed by atoms with Crippen LogP contribution < -0.4 is 0 Å². The summed E-state index contributed by atoms with van der Waals surface area (Å²) in [5.74, 6) is 0. The Labute approximate surface area is 80.9 Å². The Kier molecular flexibility index (Phi) is 3.50. The molecule has 1 atom stereocenters. The lowest BCUT2D eigenvalue weighted by molar-refractivity contribution is 0.224. The Morgan fingerprint density at radius 2 is 2.33 bits per heavy atom. The van der Waals surface area contributed by atoms with Gasteiger partial charge in [0, 0.05) is 10.9 Å². The lowest BCUT2D eigenvalue weighted by Gasteiger charge is -2.04. The molecule has 0 aliphatic rings. The van der Waals surface area contributed by atoms with Crippen LogP contribution in [-0.4, -0.2) is 11.2 Å². The van der Waals surface area contributed by atoms with Gasteiger partial charge in [-0.1, -0.05) is 34.1 Å². The molecule has 1 aromatic rings. The van der Waals surface area contributed by atoms with Crippen LogP contribution >= 0.6 is 15.9 Å². The third kappa shape index (κ3) is 2.80. The fraction of sp³-hybridized carbons (Fsp3) is 0.200. The van der Waals surface area contributed by atoms with Crippen LogP contribution in [0.4, 0.5) is 0 Å². The van der Waals surface area contributed by atoms with Gasteiger partial charge in [0.25, 0.3) is 0 Å². The number of hydrogen-bond donors (Lipinski definition) is 1. The Bertz CT molecular complexity index is 270.